The van der Waals surface area contributed by atoms with Crippen LogP contribution in [0.3, 0.4) is 0 Å². The van der Waals surface area contributed by atoms with Gasteiger partial charge in [0.15, 0.2) is 5.76 Å². The SMILES string of the molecule is CC(Cl)CCCNC(=O)c1ccc([N+](=O)[O-])o1. The van der Waals surface area contributed by atoms with Crippen molar-refractivity contribution in [2.45, 2.75) is 25.1 Å². The number of carbonyl (C=O) groups excluding carboxylic acids is 1. The zero-order valence-corrected chi connectivity index (χ0v) is 10.1. The second-order valence-corrected chi connectivity index (χ2v) is 4.32. The maximum atomic E-state index is 11.5. The van der Waals surface area contributed by atoms with Gasteiger partial charge < -0.3 is 9.73 Å². The molecule has 0 aliphatic heterocycles. The molecule has 0 fully saturated rings. The lowest BCUT2D eigenvalue weighted by molar-refractivity contribution is -0.402. The molecule has 0 aromatic carbocycles. The summed E-state index contributed by atoms with van der Waals surface area (Å²) in [7, 11) is 0. The quantitative estimate of drug-likeness (QED) is 0.368. The van der Waals surface area contributed by atoms with Crippen LogP contribution in [0.2, 0.25) is 0 Å². The van der Waals surface area contributed by atoms with E-state index in [1.165, 1.54) is 6.07 Å². The Hall–Kier alpha value is -1.56. The molecule has 7 heteroatoms. The van der Waals surface area contributed by atoms with Gasteiger partial charge in [-0.3, -0.25) is 14.9 Å². The summed E-state index contributed by atoms with van der Waals surface area (Å²) >= 11 is 5.74. The van der Waals surface area contributed by atoms with Gasteiger partial charge >= 0.3 is 5.88 Å². The van der Waals surface area contributed by atoms with Crippen LogP contribution >= 0.6 is 11.6 Å². The summed E-state index contributed by atoms with van der Waals surface area (Å²) in [4.78, 5) is 21.1. The molecule has 1 aromatic rings. The second-order valence-electron chi connectivity index (χ2n) is 3.57. The van der Waals surface area contributed by atoms with E-state index >= 15 is 0 Å². The summed E-state index contributed by atoms with van der Waals surface area (Å²) in [5.41, 5.74) is 0. The number of halogens is 1. The minimum atomic E-state index is -0.689. The summed E-state index contributed by atoms with van der Waals surface area (Å²) in [6.07, 6.45) is 1.54. The Morgan fingerprint density at radius 1 is 1.65 bits per heavy atom. The first-order valence-corrected chi connectivity index (χ1v) is 5.61. The monoisotopic (exact) mass is 260 g/mol. The van der Waals surface area contributed by atoms with Gasteiger partial charge in [0.2, 0.25) is 0 Å². The summed E-state index contributed by atoms with van der Waals surface area (Å²) in [5, 5.41) is 13.0. The van der Waals surface area contributed by atoms with Crippen LogP contribution in [0.4, 0.5) is 5.88 Å². The van der Waals surface area contributed by atoms with Crippen molar-refractivity contribution in [3.63, 3.8) is 0 Å². The van der Waals surface area contributed by atoms with Gasteiger partial charge in [-0.25, -0.2) is 0 Å². The van der Waals surface area contributed by atoms with Crippen molar-refractivity contribution in [2.24, 2.45) is 0 Å². The van der Waals surface area contributed by atoms with Gasteiger partial charge in [0.25, 0.3) is 5.91 Å². The number of nitrogens with zero attached hydrogens (tertiary/aromatic N) is 1. The Balaban J connectivity index is 2.39. The summed E-state index contributed by atoms with van der Waals surface area (Å²) in [6, 6.07) is 2.42. The van der Waals surface area contributed by atoms with Crippen molar-refractivity contribution in [3.8, 4) is 0 Å². The molecule has 94 valence electrons. The van der Waals surface area contributed by atoms with Crippen LogP contribution < -0.4 is 5.32 Å². The fourth-order valence-corrected chi connectivity index (χ4v) is 1.37. The minimum absolute atomic E-state index is 0.0596. The van der Waals surface area contributed by atoms with Gasteiger partial charge in [-0.15, -0.1) is 11.6 Å². The van der Waals surface area contributed by atoms with Crippen molar-refractivity contribution >= 4 is 23.4 Å². The maximum absolute atomic E-state index is 11.5. The van der Waals surface area contributed by atoms with E-state index in [9.17, 15) is 14.9 Å². The fraction of sp³-hybridized carbons (Fsp3) is 0.500. The smallest absolute Gasteiger partial charge is 0.395 e. The Labute approximate surface area is 103 Å². The molecule has 1 atom stereocenters. The molecule has 1 N–H and O–H groups in total. The molecule has 0 saturated heterocycles. The van der Waals surface area contributed by atoms with E-state index in [1.54, 1.807) is 0 Å². The van der Waals surface area contributed by atoms with E-state index in [0.717, 1.165) is 18.9 Å². The Morgan fingerprint density at radius 3 is 2.88 bits per heavy atom. The molecule has 6 nitrogen and oxygen atoms in total. The van der Waals surface area contributed by atoms with E-state index < -0.39 is 16.7 Å². The van der Waals surface area contributed by atoms with Crippen molar-refractivity contribution < 1.29 is 14.1 Å². The topological polar surface area (TPSA) is 85.4 Å². The van der Waals surface area contributed by atoms with Gasteiger partial charge in [-0.05, 0) is 25.8 Å². The van der Waals surface area contributed by atoms with Crippen LogP contribution in [0.15, 0.2) is 16.5 Å². The highest BCUT2D eigenvalue weighted by Gasteiger charge is 2.16. The summed E-state index contributed by atoms with van der Waals surface area (Å²) in [5.74, 6) is -0.958. The lowest BCUT2D eigenvalue weighted by Crippen LogP contribution is -2.24. The largest absolute Gasteiger partial charge is 0.433 e. The predicted octanol–water partition coefficient (Wildman–Crippen LogP) is 2.33. The molecule has 1 heterocycles. The average Bonchev–Trinajstić information content (AvgIpc) is 2.73. The zero-order valence-electron chi connectivity index (χ0n) is 9.31. The highest BCUT2D eigenvalue weighted by atomic mass is 35.5. The number of nitrogens with one attached hydrogen (secondary N) is 1. The first-order valence-electron chi connectivity index (χ1n) is 5.17. The Bertz CT molecular complexity index is 403. The van der Waals surface area contributed by atoms with E-state index in [1.807, 2.05) is 6.92 Å². The molecule has 0 bridgehead atoms. The van der Waals surface area contributed by atoms with Crippen molar-refractivity contribution in [3.05, 3.63) is 28.0 Å². The van der Waals surface area contributed by atoms with Crippen molar-refractivity contribution in [1.29, 1.82) is 0 Å². The normalized spacial score (nSPS) is 12.1. The highest BCUT2D eigenvalue weighted by Crippen LogP contribution is 2.15. The van der Waals surface area contributed by atoms with E-state index in [4.69, 9.17) is 16.0 Å². The lowest BCUT2D eigenvalue weighted by Gasteiger charge is -2.03. The number of rotatable bonds is 6. The van der Waals surface area contributed by atoms with Gasteiger partial charge in [0.05, 0.1) is 6.07 Å². The van der Waals surface area contributed by atoms with Gasteiger partial charge in [-0.2, -0.15) is 0 Å². The summed E-state index contributed by atoms with van der Waals surface area (Å²) in [6.45, 7) is 2.34. The Kier molecular flexibility index (Phi) is 4.96. The number of nitro groups is 1. The average molecular weight is 261 g/mol. The third-order valence-electron chi connectivity index (χ3n) is 2.06. The number of furan rings is 1. The van der Waals surface area contributed by atoms with Gasteiger partial charge in [0.1, 0.15) is 4.92 Å². The van der Waals surface area contributed by atoms with Crippen LogP contribution in [0.1, 0.15) is 30.3 Å². The third kappa shape index (κ3) is 4.44. The first-order chi connectivity index (χ1) is 8.00. The first kappa shape index (κ1) is 13.5. The second kappa shape index (κ2) is 6.24. The minimum Gasteiger partial charge on any atom is -0.395 e. The maximum Gasteiger partial charge on any atom is 0.433 e. The van der Waals surface area contributed by atoms with Crippen LogP contribution in [0.25, 0.3) is 0 Å². The number of amides is 1. The fourth-order valence-electron chi connectivity index (χ4n) is 1.22. The molecule has 1 aromatic heterocycles. The molecule has 0 aliphatic carbocycles. The molecule has 1 unspecified atom stereocenters. The molecule has 1 rings (SSSR count). The molecule has 17 heavy (non-hydrogen) atoms. The van der Waals surface area contributed by atoms with Crippen LogP contribution in [-0.2, 0) is 0 Å². The standard InChI is InChI=1S/C10H13ClN2O4/c1-7(11)3-2-6-12-10(14)8-4-5-9(17-8)13(15)16/h4-5,7H,2-3,6H2,1H3,(H,12,14). The molecule has 0 aliphatic rings. The molecular weight excluding hydrogens is 248 g/mol. The number of hydrogen-bond acceptors (Lipinski definition) is 4. The highest BCUT2D eigenvalue weighted by molar-refractivity contribution is 6.20. The molecular formula is C10H13ClN2O4. The predicted molar refractivity (Wildman–Crippen MR) is 62.2 cm³/mol. The van der Waals surface area contributed by atoms with Crippen LogP contribution in [0.5, 0.6) is 0 Å². The molecule has 0 spiro atoms. The van der Waals surface area contributed by atoms with Crippen LogP contribution in [-0.4, -0.2) is 22.8 Å². The lowest BCUT2D eigenvalue weighted by atomic mass is 10.2. The zero-order chi connectivity index (χ0) is 12.8. The molecule has 1 amide bonds. The number of carbonyl (C=O) groups is 1. The van der Waals surface area contributed by atoms with Gasteiger partial charge in [-0.1, -0.05) is 0 Å². The van der Waals surface area contributed by atoms with E-state index in [0.29, 0.717) is 6.54 Å². The van der Waals surface area contributed by atoms with Gasteiger partial charge in [0, 0.05) is 11.9 Å². The van der Waals surface area contributed by atoms with Crippen molar-refractivity contribution in [1.82, 2.24) is 5.32 Å². The number of alkyl halides is 1. The Morgan fingerprint density at radius 2 is 2.35 bits per heavy atom. The third-order valence-corrected chi connectivity index (χ3v) is 2.28. The van der Waals surface area contributed by atoms with Crippen molar-refractivity contribution in [2.75, 3.05) is 6.54 Å². The molecule has 0 saturated carbocycles. The van der Waals surface area contributed by atoms with E-state index in [2.05, 4.69) is 5.32 Å². The number of hydrogen-bond donors (Lipinski definition) is 1. The molecule has 0 radical (unpaired) electrons. The van der Waals surface area contributed by atoms with E-state index in [-0.39, 0.29) is 11.1 Å². The summed E-state index contributed by atoms with van der Waals surface area (Å²) < 4.78 is 4.75. The van der Waals surface area contributed by atoms with Crippen LogP contribution in [0, 0.1) is 10.1 Å².